The third kappa shape index (κ3) is 3.08. The Labute approximate surface area is 150 Å². The van der Waals surface area contributed by atoms with Gasteiger partial charge in [0.05, 0.1) is 28.4 Å². The number of aromatic amines is 1. The van der Waals surface area contributed by atoms with Gasteiger partial charge in [0.1, 0.15) is 0 Å². The molecule has 136 valence electrons. The lowest BCUT2D eigenvalue weighted by molar-refractivity contribution is 0.324. The Hall–Kier alpha value is -3.42. The first kappa shape index (κ1) is 17.4. The highest BCUT2D eigenvalue weighted by Gasteiger charge is 2.17. The molecule has 0 saturated carbocycles. The maximum absolute atomic E-state index is 9.94. The molecule has 26 heavy (non-hydrogen) atoms. The van der Waals surface area contributed by atoms with Gasteiger partial charge in [-0.15, -0.1) is 0 Å². The van der Waals surface area contributed by atoms with Crippen LogP contribution in [0.2, 0.25) is 0 Å². The summed E-state index contributed by atoms with van der Waals surface area (Å²) >= 11 is 0. The minimum Gasteiger partial charge on any atom is -0.504 e. The van der Waals surface area contributed by atoms with E-state index >= 15 is 0 Å². The highest BCUT2D eigenvalue weighted by atomic mass is 16.5. The summed E-state index contributed by atoms with van der Waals surface area (Å²) in [5.41, 5.74) is 1.37. The van der Waals surface area contributed by atoms with Crippen molar-refractivity contribution in [3.05, 3.63) is 30.3 Å². The quantitative estimate of drug-likeness (QED) is 0.700. The summed E-state index contributed by atoms with van der Waals surface area (Å²) in [6.45, 7) is 0. The molecule has 0 aliphatic carbocycles. The van der Waals surface area contributed by atoms with Gasteiger partial charge < -0.3 is 24.1 Å². The number of H-pyrrole nitrogens is 1. The normalized spacial score (nSPS) is 10.5. The van der Waals surface area contributed by atoms with E-state index in [-0.39, 0.29) is 5.75 Å². The van der Waals surface area contributed by atoms with Crippen LogP contribution >= 0.6 is 0 Å². The standard InChI is InChI=1S/C18H19N3O5/c1-23-13-6-5-10(7-12(13)22)17-19-18(21-20-17)11-8-14(24-2)16(26-4)15(9-11)25-3/h5-9,22H,1-4H3,(H,19,20,21). The molecular formula is C18H19N3O5. The second kappa shape index (κ2) is 7.22. The van der Waals surface area contributed by atoms with Crippen LogP contribution in [0.25, 0.3) is 22.8 Å². The Morgan fingerprint density at radius 3 is 2.00 bits per heavy atom. The molecule has 8 heteroatoms. The van der Waals surface area contributed by atoms with Gasteiger partial charge in [0.2, 0.25) is 5.75 Å². The Morgan fingerprint density at radius 1 is 0.808 bits per heavy atom. The van der Waals surface area contributed by atoms with E-state index in [1.807, 2.05) is 0 Å². The van der Waals surface area contributed by atoms with Crippen LogP contribution in [-0.2, 0) is 0 Å². The number of aromatic nitrogens is 3. The van der Waals surface area contributed by atoms with E-state index in [2.05, 4.69) is 15.2 Å². The van der Waals surface area contributed by atoms with E-state index < -0.39 is 0 Å². The monoisotopic (exact) mass is 357 g/mol. The van der Waals surface area contributed by atoms with Crippen LogP contribution in [0.4, 0.5) is 0 Å². The second-order valence-electron chi connectivity index (χ2n) is 5.31. The molecule has 0 aliphatic heterocycles. The molecule has 0 spiro atoms. The summed E-state index contributed by atoms with van der Waals surface area (Å²) in [5, 5.41) is 17.0. The van der Waals surface area contributed by atoms with Crippen molar-refractivity contribution in [3.63, 3.8) is 0 Å². The minimum atomic E-state index is 0.0238. The molecule has 0 unspecified atom stereocenters. The maximum Gasteiger partial charge on any atom is 0.203 e. The summed E-state index contributed by atoms with van der Waals surface area (Å²) in [4.78, 5) is 4.48. The molecule has 0 aliphatic rings. The highest BCUT2D eigenvalue weighted by molar-refractivity contribution is 5.69. The Balaban J connectivity index is 2.01. The number of rotatable bonds is 6. The number of hydrogen-bond donors (Lipinski definition) is 2. The number of hydrogen-bond acceptors (Lipinski definition) is 7. The van der Waals surface area contributed by atoms with Gasteiger partial charge >= 0.3 is 0 Å². The second-order valence-corrected chi connectivity index (χ2v) is 5.31. The fourth-order valence-electron chi connectivity index (χ4n) is 2.57. The molecule has 8 nitrogen and oxygen atoms in total. The number of nitrogens with zero attached hydrogens (tertiary/aromatic N) is 2. The van der Waals surface area contributed by atoms with E-state index in [1.165, 1.54) is 7.11 Å². The predicted octanol–water partition coefficient (Wildman–Crippen LogP) is 2.88. The van der Waals surface area contributed by atoms with Crippen LogP contribution in [0.3, 0.4) is 0 Å². The van der Waals surface area contributed by atoms with E-state index in [1.54, 1.807) is 51.7 Å². The van der Waals surface area contributed by atoms with E-state index in [0.717, 1.165) is 0 Å². The number of phenolic OH excluding ortho intramolecular Hbond substituents is 1. The van der Waals surface area contributed by atoms with Gasteiger partial charge in [0, 0.05) is 11.1 Å². The predicted molar refractivity (Wildman–Crippen MR) is 95.1 cm³/mol. The fraction of sp³-hybridized carbons (Fsp3) is 0.222. The molecule has 0 atom stereocenters. The van der Waals surface area contributed by atoms with Crippen LogP contribution < -0.4 is 18.9 Å². The Morgan fingerprint density at radius 2 is 1.46 bits per heavy atom. The van der Waals surface area contributed by atoms with Crippen molar-refractivity contribution in [2.24, 2.45) is 0 Å². The molecule has 0 bridgehead atoms. The largest absolute Gasteiger partial charge is 0.504 e. The highest BCUT2D eigenvalue weighted by Crippen LogP contribution is 2.40. The number of aromatic hydroxyl groups is 1. The Kier molecular flexibility index (Phi) is 4.83. The zero-order valence-corrected chi connectivity index (χ0v) is 14.9. The first-order chi connectivity index (χ1) is 12.6. The topological polar surface area (TPSA) is 98.7 Å². The fourth-order valence-corrected chi connectivity index (χ4v) is 2.57. The lowest BCUT2D eigenvalue weighted by atomic mass is 10.1. The van der Waals surface area contributed by atoms with Gasteiger partial charge in [-0.2, -0.15) is 5.10 Å². The van der Waals surface area contributed by atoms with Crippen molar-refractivity contribution >= 4 is 0 Å². The third-order valence-electron chi connectivity index (χ3n) is 3.86. The number of methoxy groups -OCH3 is 4. The van der Waals surface area contributed by atoms with Crippen molar-refractivity contribution in [3.8, 4) is 51.5 Å². The molecule has 3 aromatic rings. The van der Waals surface area contributed by atoms with Crippen LogP contribution in [0.15, 0.2) is 30.3 Å². The number of benzene rings is 2. The third-order valence-corrected chi connectivity index (χ3v) is 3.86. The van der Waals surface area contributed by atoms with E-state index in [0.29, 0.717) is 45.8 Å². The lowest BCUT2D eigenvalue weighted by Crippen LogP contribution is -1.96. The van der Waals surface area contributed by atoms with Crippen LogP contribution in [-0.4, -0.2) is 48.7 Å². The zero-order chi connectivity index (χ0) is 18.7. The lowest BCUT2D eigenvalue weighted by Gasteiger charge is -2.12. The van der Waals surface area contributed by atoms with Gasteiger partial charge in [-0.25, -0.2) is 4.98 Å². The van der Waals surface area contributed by atoms with Gasteiger partial charge in [0.25, 0.3) is 0 Å². The molecule has 2 N–H and O–H groups in total. The SMILES string of the molecule is COc1ccc(-c2nc(-c3cc(OC)c(OC)c(OC)c3)n[nH]2)cc1O. The van der Waals surface area contributed by atoms with Crippen LogP contribution in [0.1, 0.15) is 0 Å². The first-order valence-electron chi connectivity index (χ1n) is 7.71. The average Bonchev–Trinajstić information content (AvgIpc) is 3.16. The molecule has 0 fully saturated rings. The molecule has 0 saturated heterocycles. The zero-order valence-electron chi connectivity index (χ0n) is 14.9. The summed E-state index contributed by atoms with van der Waals surface area (Å²) in [6, 6.07) is 8.52. The molecule has 1 heterocycles. The average molecular weight is 357 g/mol. The van der Waals surface area contributed by atoms with Crippen LogP contribution in [0.5, 0.6) is 28.7 Å². The van der Waals surface area contributed by atoms with Gasteiger partial charge in [-0.05, 0) is 30.3 Å². The summed E-state index contributed by atoms with van der Waals surface area (Å²) in [6.07, 6.45) is 0. The van der Waals surface area contributed by atoms with Crippen LogP contribution in [0, 0.1) is 0 Å². The summed E-state index contributed by atoms with van der Waals surface area (Å²) < 4.78 is 21.1. The van der Waals surface area contributed by atoms with Crippen molar-refractivity contribution < 1.29 is 24.1 Å². The molecule has 2 aromatic carbocycles. The van der Waals surface area contributed by atoms with E-state index in [4.69, 9.17) is 18.9 Å². The smallest absolute Gasteiger partial charge is 0.203 e. The summed E-state index contributed by atoms with van der Waals surface area (Å²) in [5.74, 6) is 2.88. The van der Waals surface area contributed by atoms with Crippen molar-refractivity contribution in [2.75, 3.05) is 28.4 Å². The van der Waals surface area contributed by atoms with Gasteiger partial charge in [-0.3, -0.25) is 5.10 Å². The van der Waals surface area contributed by atoms with Gasteiger partial charge in [-0.1, -0.05) is 0 Å². The van der Waals surface area contributed by atoms with Crippen molar-refractivity contribution in [2.45, 2.75) is 0 Å². The maximum atomic E-state index is 9.94. The molecule has 1 aromatic heterocycles. The molecule has 0 amide bonds. The van der Waals surface area contributed by atoms with E-state index in [9.17, 15) is 5.11 Å². The minimum absolute atomic E-state index is 0.0238. The molecule has 0 radical (unpaired) electrons. The first-order valence-corrected chi connectivity index (χ1v) is 7.71. The number of nitrogens with one attached hydrogen (secondary N) is 1. The Bertz CT molecular complexity index is 898. The van der Waals surface area contributed by atoms with Crippen molar-refractivity contribution in [1.82, 2.24) is 15.2 Å². The number of phenols is 1. The van der Waals surface area contributed by atoms with Crippen molar-refractivity contribution in [1.29, 1.82) is 0 Å². The summed E-state index contributed by atoms with van der Waals surface area (Å²) in [7, 11) is 6.13. The molecular weight excluding hydrogens is 338 g/mol. The molecule has 3 rings (SSSR count). The van der Waals surface area contributed by atoms with Gasteiger partial charge in [0.15, 0.2) is 34.6 Å². The number of ether oxygens (including phenoxy) is 4.